The number of hydrogen-bond donors (Lipinski definition) is 2. The first-order chi connectivity index (χ1) is 10.9. The van der Waals surface area contributed by atoms with Gasteiger partial charge in [-0.15, -0.1) is 0 Å². The van der Waals surface area contributed by atoms with E-state index >= 15 is 0 Å². The Hall–Kier alpha value is -1.62. The summed E-state index contributed by atoms with van der Waals surface area (Å²) in [4.78, 5) is 18.1. The van der Waals surface area contributed by atoms with Crippen molar-refractivity contribution in [1.29, 1.82) is 0 Å². The zero-order valence-electron chi connectivity index (χ0n) is 14.5. The molecule has 128 valence electrons. The number of rotatable bonds is 5. The van der Waals surface area contributed by atoms with Gasteiger partial charge in [0.2, 0.25) is 0 Å². The summed E-state index contributed by atoms with van der Waals surface area (Å²) in [7, 11) is 1.80. The van der Waals surface area contributed by atoms with Crippen molar-refractivity contribution in [2.24, 2.45) is 5.92 Å². The molecule has 2 amide bonds. The Morgan fingerprint density at radius 3 is 2.65 bits per heavy atom. The highest BCUT2D eigenvalue weighted by molar-refractivity contribution is 5.74. The molecule has 0 aliphatic heterocycles. The van der Waals surface area contributed by atoms with Gasteiger partial charge >= 0.3 is 6.03 Å². The highest BCUT2D eigenvalue weighted by Crippen LogP contribution is 2.25. The topological polar surface area (TPSA) is 65.5 Å². The van der Waals surface area contributed by atoms with Crippen LogP contribution in [0.2, 0.25) is 0 Å². The molecule has 0 aromatic carbocycles. The molecule has 1 saturated carbocycles. The van der Waals surface area contributed by atoms with Crippen LogP contribution >= 0.6 is 0 Å². The minimum atomic E-state index is -0.271. The summed E-state index contributed by atoms with van der Waals surface area (Å²) >= 11 is 0. The van der Waals surface area contributed by atoms with E-state index in [0.717, 1.165) is 31.2 Å². The number of aliphatic hydroxyl groups is 1. The van der Waals surface area contributed by atoms with Gasteiger partial charge in [0.1, 0.15) is 0 Å². The first-order valence-corrected chi connectivity index (χ1v) is 8.47. The number of carbonyl (C=O) groups excluding carboxylic acids is 1. The SMILES string of the molecule is CN(C[C@@H]1CCCC[C@H]1O)C(=O)NCC(C)(C)c1ccncc1. The normalized spacial score (nSPS) is 21.7. The summed E-state index contributed by atoms with van der Waals surface area (Å²) in [5, 5.41) is 13.1. The Bertz CT molecular complexity index is 504. The molecule has 1 heterocycles. The summed E-state index contributed by atoms with van der Waals surface area (Å²) < 4.78 is 0. The molecule has 23 heavy (non-hydrogen) atoms. The van der Waals surface area contributed by atoms with Gasteiger partial charge in [0.05, 0.1) is 6.10 Å². The first-order valence-electron chi connectivity index (χ1n) is 8.47. The lowest BCUT2D eigenvalue weighted by atomic mass is 9.85. The van der Waals surface area contributed by atoms with E-state index in [1.54, 1.807) is 24.3 Å². The number of aliphatic hydroxyl groups excluding tert-OH is 1. The lowest BCUT2D eigenvalue weighted by Crippen LogP contribution is -2.46. The van der Waals surface area contributed by atoms with E-state index in [1.165, 1.54) is 0 Å². The van der Waals surface area contributed by atoms with Crippen LogP contribution in [0.4, 0.5) is 4.79 Å². The molecule has 1 aromatic heterocycles. The summed E-state index contributed by atoms with van der Waals surface area (Å²) in [6.07, 6.45) is 7.37. The molecule has 1 aromatic rings. The van der Waals surface area contributed by atoms with E-state index in [0.29, 0.717) is 13.1 Å². The second-order valence-electron chi connectivity index (χ2n) is 7.27. The van der Waals surface area contributed by atoms with Crippen molar-refractivity contribution in [1.82, 2.24) is 15.2 Å². The zero-order valence-corrected chi connectivity index (χ0v) is 14.5. The molecule has 2 atom stereocenters. The van der Waals surface area contributed by atoms with Gasteiger partial charge in [-0.25, -0.2) is 4.79 Å². The van der Waals surface area contributed by atoms with Crippen molar-refractivity contribution in [3.05, 3.63) is 30.1 Å². The van der Waals surface area contributed by atoms with Crippen LogP contribution in [0.1, 0.15) is 45.1 Å². The van der Waals surface area contributed by atoms with Gasteiger partial charge in [0, 0.05) is 43.9 Å². The molecule has 0 bridgehead atoms. The van der Waals surface area contributed by atoms with Gasteiger partial charge in [-0.1, -0.05) is 26.7 Å². The number of carbonyl (C=O) groups is 1. The molecule has 5 heteroatoms. The van der Waals surface area contributed by atoms with Crippen molar-refractivity contribution in [3.8, 4) is 0 Å². The Morgan fingerprint density at radius 2 is 2.00 bits per heavy atom. The third kappa shape index (κ3) is 4.93. The predicted molar refractivity (Wildman–Crippen MR) is 91.3 cm³/mol. The summed E-state index contributed by atoms with van der Waals surface area (Å²) in [6, 6.07) is 3.88. The van der Waals surface area contributed by atoms with E-state index in [4.69, 9.17) is 0 Å². The largest absolute Gasteiger partial charge is 0.393 e. The van der Waals surface area contributed by atoms with E-state index in [9.17, 15) is 9.90 Å². The van der Waals surface area contributed by atoms with Crippen LogP contribution in [0.3, 0.4) is 0 Å². The smallest absolute Gasteiger partial charge is 0.317 e. The molecule has 0 saturated heterocycles. The Balaban J connectivity index is 1.84. The summed E-state index contributed by atoms with van der Waals surface area (Å²) in [5.41, 5.74) is 1.00. The molecule has 0 spiro atoms. The van der Waals surface area contributed by atoms with Crippen molar-refractivity contribution in [2.45, 2.75) is 51.0 Å². The maximum atomic E-state index is 12.3. The monoisotopic (exact) mass is 319 g/mol. The van der Waals surface area contributed by atoms with Crippen LogP contribution in [0.25, 0.3) is 0 Å². The minimum Gasteiger partial charge on any atom is -0.393 e. The minimum absolute atomic E-state index is 0.0788. The van der Waals surface area contributed by atoms with Crippen LogP contribution in [0, 0.1) is 5.92 Å². The van der Waals surface area contributed by atoms with Crippen molar-refractivity contribution >= 4 is 6.03 Å². The van der Waals surface area contributed by atoms with E-state index in [1.807, 2.05) is 12.1 Å². The molecule has 2 rings (SSSR count). The summed E-state index contributed by atoms with van der Waals surface area (Å²) in [5.74, 6) is 0.202. The molecule has 1 fully saturated rings. The van der Waals surface area contributed by atoms with Crippen LogP contribution in [-0.4, -0.2) is 47.3 Å². The van der Waals surface area contributed by atoms with Gasteiger partial charge in [0.15, 0.2) is 0 Å². The fourth-order valence-corrected chi connectivity index (χ4v) is 3.17. The predicted octanol–water partition coefficient (Wildman–Crippen LogP) is 2.55. The number of nitrogens with zero attached hydrogens (tertiary/aromatic N) is 2. The number of pyridine rings is 1. The third-order valence-corrected chi connectivity index (χ3v) is 4.87. The quantitative estimate of drug-likeness (QED) is 0.876. The zero-order chi connectivity index (χ0) is 16.9. The van der Waals surface area contributed by atoms with Crippen LogP contribution < -0.4 is 5.32 Å². The molecule has 0 unspecified atom stereocenters. The second kappa shape index (κ2) is 7.77. The molecular weight excluding hydrogens is 290 g/mol. The molecule has 5 nitrogen and oxygen atoms in total. The fraction of sp³-hybridized carbons (Fsp3) is 0.667. The number of amides is 2. The van der Waals surface area contributed by atoms with Crippen LogP contribution in [0.5, 0.6) is 0 Å². The summed E-state index contributed by atoms with van der Waals surface area (Å²) in [6.45, 7) is 5.39. The average molecular weight is 319 g/mol. The van der Waals surface area contributed by atoms with E-state index < -0.39 is 0 Å². The maximum Gasteiger partial charge on any atom is 0.317 e. The highest BCUT2D eigenvalue weighted by Gasteiger charge is 2.27. The maximum absolute atomic E-state index is 12.3. The third-order valence-electron chi connectivity index (χ3n) is 4.87. The lowest BCUT2D eigenvalue weighted by Gasteiger charge is -2.32. The van der Waals surface area contributed by atoms with Gasteiger partial charge in [0.25, 0.3) is 0 Å². The number of hydrogen-bond acceptors (Lipinski definition) is 3. The average Bonchev–Trinajstić information content (AvgIpc) is 2.55. The Labute approximate surface area is 139 Å². The highest BCUT2D eigenvalue weighted by atomic mass is 16.3. The van der Waals surface area contributed by atoms with Gasteiger partial charge < -0.3 is 15.3 Å². The van der Waals surface area contributed by atoms with Gasteiger partial charge in [-0.3, -0.25) is 4.98 Å². The molecule has 1 aliphatic rings. The van der Waals surface area contributed by atoms with Gasteiger partial charge in [-0.05, 0) is 30.5 Å². The fourth-order valence-electron chi connectivity index (χ4n) is 3.17. The number of urea groups is 1. The van der Waals surface area contributed by atoms with Crippen molar-refractivity contribution < 1.29 is 9.90 Å². The Morgan fingerprint density at radius 1 is 1.35 bits per heavy atom. The van der Waals surface area contributed by atoms with Crippen LogP contribution in [0.15, 0.2) is 24.5 Å². The second-order valence-corrected chi connectivity index (χ2v) is 7.27. The van der Waals surface area contributed by atoms with Crippen molar-refractivity contribution in [3.63, 3.8) is 0 Å². The first kappa shape index (κ1) is 17.7. The number of aromatic nitrogens is 1. The molecule has 2 N–H and O–H groups in total. The van der Waals surface area contributed by atoms with Crippen molar-refractivity contribution in [2.75, 3.05) is 20.1 Å². The van der Waals surface area contributed by atoms with Gasteiger partial charge in [-0.2, -0.15) is 0 Å². The standard InChI is InChI=1S/C18H29N3O2/c1-18(2,15-8-10-19-11-9-15)13-20-17(23)21(3)12-14-6-4-5-7-16(14)22/h8-11,14,16,22H,4-7,12-13H2,1-3H3,(H,20,23)/t14-,16+/m0/s1. The van der Waals surface area contributed by atoms with E-state index in [-0.39, 0.29) is 23.5 Å². The number of nitrogens with one attached hydrogen (secondary N) is 1. The molecule has 0 radical (unpaired) electrons. The Kier molecular flexibility index (Phi) is 5.99. The molecule has 1 aliphatic carbocycles. The lowest BCUT2D eigenvalue weighted by molar-refractivity contribution is 0.0564. The van der Waals surface area contributed by atoms with Crippen LogP contribution in [-0.2, 0) is 5.41 Å². The van der Waals surface area contributed by atoms with E-state index in [2.05, 4.69) is 24.1 Å². The molecular formula is C18H29N3O2.